The zero-order valence-corrected chi connectivity index (χ0v) is 32.1. The van der Waals surface area contributed by atoms with Gasteiger partial charge in [0.15, 0.2) is 0 Å². The normalized spacial score (nSPS) is 13.1. The van der Waals surface area contributed by atoms with Gasteiger partial charge in [-0.15, -0.1) is 0 Å². The van der Waals surface area contributed by atoms with Crippen LogP contribution >= 0.6 is 0 Å². The Morgan fingerprint density at radius 2 is 1.51 bits per heavy atom. The molecule has 0 fully saturated rings. The molecular formula is C44H49N5O6. The number of aliphatic hydroxyl groups excluding tert-OH is 1. The summed E-state index contributed by atoms with van der Waals surface area (Å²) in [7, 11) is 0. The van der Waals surface area contributed by atoms with Gasteiger partial charge in [0.1, 0.15) is 0 Å². The third kappa shape index (κ3) is 8.02. The summed E-state index contributed by atoms with van der Waals surface area (Å²) in [5.74, 6) is 6.35. The number of aromatic nitrogens is 4. The molecular weight excluding hydrogens is 695 g/mol. The smallest absolute Gasteiger partial charge is 0.263 e. The van der Waals surface area contributed by atoms with Crippen LogP contribution in [0.5, 0.6) is 5.88 Å². The second-order valence-electron chi connectivity index (χ2n) is 14.1. The Labute approximate surface area is 320 Å². The summed E-state index contributed by atoms with van der Waals surface area (Å²) in [6, 6.07) is 12.6. The van der Waals surface area contributed by atoms with E-state index < -0.39 is 16.7 Å². The molecule has 0 spiro atoms. The monoisotopic (exact) mass is 743 g/mol. The van der Waals surface area contributed by atoms with Crippen molar-refractivity contribution in [1.29, 1.82) is 0 Å². The summed E-state index contributed by atoms with van der Waals surface area (Å²) >= 11 is 0. The first kappa shape index (κ1) is 39.3. The number of aromatic hydroxyl groups is 1. The molecule has 3 aromatic heterocycles. The summed E-state index contributed by atoms with van der Waals surface area (Å²) in [4.78, 5) is 57.4. The number of nitrogens with zero attached hydrogens (tertiary/aromatic N) is 5. The Bertz CT molecular complexity index is 2520. The highest BCUT2D eigenvalue weighted by atomic mass is 16.5. The highest BCUT2D eigenvalue weighted by Gasteiger charge is 2.29. The van der Waals surface area contributed by atoms with E-state index in [1.807, 2.05) is 30.3 Å². The lowest BCUT2D eigenvalue weighted by atomic mass is 9.87. The van der Waals surface area contributed by atoms with Crippen LogP contribution in [0.25, 0.3) is 44.1 Å². The van der Waals surface area contributed by atoms with Gasteiger partial charge in [-0.05, 0) is 61.1 Å². The molecule has 0 saturated heterocycles. The van der Waals surface area contributed by atoms with Gasteiger partial charge in [-0.3, -0.25) is 38.5 Å². The van der Waals surface area contributed by atoms with Crippen molar-refractivity contribution in [2.45, 2.75) is 79.3 Å². The molecule has 55 heavy (non-hydrogen) atoms. The molecule has 4 heterocycles. The SMILES string of the molecule is CCCC(CC)Cn1c(O)c2cc(C#Cc3ccc(-c4ccccn4)nc3)c3c4c2c(c(=NCCOCCO)cc-4c(=O)n(CC(CC)CCC)c3=O)c1=O. The third-order valence-electron chi connectivity index (χ3n) is 10.5. The Morgan fingerprint density at radius 3 is 2.15 bits per heavy atom. The second kappa shape index (κ2) is 17.8. The summed E-state index contributed by atoms with van der Waals surface area (Å²) in [5.41, 5.74) is 1.47. The van der Waals surface area contributed by atoms with E-state index in [9.17, 15) is 24.6 Å². The van der Waals surface area contributed by atoms with Crippen LogP contribution in [-0.2, 0) is 17.8 Å². The Morgan fingerprint density at radius 1 is 0.800 bits per heavy atom. The Kier molecular flexibility index (Phi) is 12.7. The van der Waals surface area contributed by atoms with Crippen LogP contribution in [0.15, 0.2) is 74.2 Å². The molecule has 6 rings (SSSR count). The Hall–Kier alpha value is -5.44. The molecule has 1 aliphatic heterocycles. The van der Waals surface area contributed by atoms with Crippen LogP contribution in [0.3, 0.4) is 0 Å². The fraction of sp³-hybridized carbons (Fsp3) is 0.409. The van der Waals surface area contributed by atoms with Crippen LogP contribution in [0, 0.1) is 23.7 Å². The summed E-state index contributed by atoms with van der Waals surface area (Å²) in [6.45, 7) is 9.18. The molecule has 2 atom stereocenters. The Balaban J connectivity index is 1.68. The number of ether oxygens (including phenoxy) is 1. The minimum Gasteiger partial charge on any atom is -0.494 e. The van der Waals surface area contributed by atoms with Crippen molar-refractivity contribution in [3.63, 3.8) is 0 Å². The van der Waals surface area contributed by atoms with Gasteiger partial charge >= 0.3 is 0 Å². The predicted molar refractivity (Wildman–Crippen MR) is 216 cm³/mol. The van der Waals surface area contributed by atoms with Crippen LogP contribution in [0.4, 0.5) is 0 Å². The van der Waals surface area contributed by atoms with E-state index in [4.69, 9.17) is 9.73 Å². The van der Waals surface area contributed by atoms with Gasteiger partial charge in [-0.2, -0.15) is 0 Å². The highest BCUT2D eigenvalue weighted by molar-refractivity contribution is 6.17. The maximum Gasteiger partial charge on any atom is 0.263 e. The van der Waals surface area contributed by atoms with E-state index in [1.165, 1.54) is 9.13 Å². The van der Waals surface area contributed by atoms with Gasteiger partial charge in [0.2, 0.25) is 5.88 Å². The summed E-state index contributed by atoms with van der Waals surface area (Å²) in [6.07, 6.45) is 8.49. The molecule has 2 unspecified atom stereocenters. The van der Waals surface area contributed by atoms with Crippen molar-refractivity contribution in [3.8, 4) is 40.2 Å². The van der Waals surface area contributed by atoms with Crippen molar-refractivity contribution in [1.82, 2.24) is 19.1 Å². The molecule has 4 aromatic rings. The quantitative estimate of drug-likeness (QED) is 0.0720. The molecule has 1 aliphatic carbocycles. The second-order valence-corrected chi connectivity index (χ2v) is 14.1. The summed E-state index contributed by atoms with van der Waals surface area (Å²) in [5, 5.41) is 22.6. The van der Waals surface area contributed by atoms with E-state index >= 15 is 0 Å². The molecule has 0 saturated carbocycles. The largest absolute Gasteiger partial charge is 0.494 e. The van der Waals surface area contributed by atoms with Crippen LogP contribution in [0.1, 0.15) is 77.3 Å². The van der Waals surface area contributed by atoms with Crippen molar-refractivity contribution in [2.75, 3.05) is 26.4 Å². The number of hydrogen-bond donors (Lipinski definition) is 2. The van der Waals surface area contributed by atoms with E-state index in [0.717, 1.165) is 44.2 Å². The van der Waals surface area contributed by atoms with E-state index in [1.54, 1.807) is 24.5 Å². The van der Waals surface area contributed by atoms with E-state index in [-0.39, 0.29) is 78.9 Å². The van der Waals surface area contributed by atoms with Gasteiger partial charge in [-0.1, -0.05) is 71.3 Å². The molecule has 0 radical (unpaired) electrons. The van der Waals surface area contributed by atoms with Crippen molar-refractivity contribution < 1.29 is 14.9 Å². The number of rotatable bonds is 16. The number of aliphatic hydroxyl groups is 1. The lowest BCUT2D eigenvalue weighted by Gasteiger charge is -2.23. The number of hydrogen-bond acceptors (Lipinski definition) is 9. The van der Waals surface area contributed by atoms with Crippen LogP contribution in [-0.4, -0.2) is 55.7 Å². The molecule has 0 amide bonds. The van der Waals surface area contributed by atoms with Crippen molar-refractivity contribution >= 4 is 21.5 Å². The van der Waals surface area contributed by atoms with Crippen molar-refractivity contribution in [3.05, 3.63) is 102 Å². The molecule has 286 valence electrons. The van der Waals surface area contributed by atoms with Gasteiger partial charge in [0, 0.05) is 52.9 Å². The summed E-state index contributed by atoms with van der Waals surface area (Å²) < 4.78 is 8.17. The van der Waals surface area contributed by atoms with Gasteiger partial charge < -0.3 is 14.9 Å². The zero-order valence-electron chi connectivity index (χ0n) is 32.1. The maximum atomic E-state index is 14.7. The third-order valence-corrected chi connectivity index (χ3v) is 10.5. The first-order valence-corrected chi connectivity index (χ1v) is 19.4. The number of benzene rings is 2. The molecule has 11 heteroatoms. The number of pyridine rings is 4. The van der Waals surface area contributed by atoms with E-state index in [2.05, 4.69) is 49.5 Å². The zero-order chi connectivity index (χ0) is 39.1. The standard InChI is InChI=1S/C44H49N5O6/c1-5-11-28(7-3)26-48-42(52)33-24-36(46-19-21-55-22-20-50)40-39-32(41(51)49(44(40)54)27-29(8-4)12-6-2)23-31(37(38(33)39)43(48)53)16-14-30-15-17-35(47-25-30)34-13-9-10-18-45-34/h9-10,13,15,17-18,23-25,28-29,50-51H,5-8,11-12,19-22,26-27H2,1-4H3. The molecule has 2 aliphatic rings. The minimum absolute atomic E-state index is 0.0978. The van der Waals surface area contributed by atoms with Gasteiger partial charge in [0.25, 0.3) is 16.7 Å². The molecule has 2 N–H and O–H groups in total. The topological polar surface area (TPSA) is 149 Å². The molecule has 0 bridgehead atoms. The van der Waals surface area contributed by atoms with Crippen molar-refractivity contribution in [2.24, 2.45) is 16.8 Å². The lowest BCUT2D eigenvalue weighted by molar-refractivity contribution is 0.0975. The molecule has 1 aromatic carbocycles. The van der Waals surface area contributed by atoms with Crippen LogP contribution in [0.2, 0.25) is 0 Å². The van der Waals surface area contributed by atoms with E-state index in [0.29, 0.717) is 33.2 Å². The van der Waals surface area contributed by atoms with Gasteiger partial charge in [0.05, 0.1) is 59.4 Å². The first-order chi connectivity index (χ1) is 26.8. The molecule has 11 nitrogen and oxygen atoms in total. The maximum absolute atomic E-state index is 14.7. The first-order valence-electron chi connectivity index (χ1n) is 19.4. The fourth-order valence-electron chi connectivity index (χ4n) is 7.56. The highest BCUT2D eigenvalue weighted by Crippen LogP contribution is 2.39. The predicted octanol–water partition coefficient (Wildman–Crippen LogP) is 5.78. The fourth-order valence-corrected chi connectivity index (χ4v) is 7.56. The lowest BCUT2D eigenvalue weighted by Crippen LogP contribution is -2.39. The average Bonchev–Trinajstić information content (AvgIpc) is 3.21. The average molecular weight is 744 g/mol. The van der Waals surface area contributed by atoms with Gasteiger partial charge in [-0.25, -0.2) is 0 Å². The van der Waals surface area contributed by atoms with Crippen LogP contribution < -0.4 is 22.0 Å². The minimum atomic E-state index is -0.483.